The summed E-state index contributed by atoms with van der Waals surface area (Å²) in [5.41, 5.74) is 4.90. The first kappa shape index (κ1) is 16.8. The third-order valence-corrected chi connectivity index (χ3v) is 4.58. The summed E-state index contributed by atoms with van der Waals surface area (Å²) in [5, 5.41) is 3.89. The van der Waals surface area contributed by atoms with E-state index in [4.69, 9.17) is 5.73 Å². The van der Waals surface area contributed by atoms with Gasteiger partial charge in [0.2, 0.25) is 5.91 Å². The zero-order chi connectivity index (χ0) is 13.6. The highest BCUT2D eigenvalue weighted by atomic mass is 32.2. The second-order valence-electron chi connectivity index (χ2n) is 5.57. The van der Waals surface area contributed by atoms with E-state index in [0.29, 0.717) is 11.2 Å². The van der Waals surface area contributed by atoms with E-state index in [9.17, 15) is 4.79 Å². The molecule has 2 unspecified atom stereocenters. The lowest BCUT2D eigenvalue weighted by molar-refractivity contribution is -0.124. The lowest BCUT2D eigenvalue weighted by Gasteiger charge is -2.30. The van der Waals surface area contributed by atoms with Gasteiger partial charge in [0.15, 0.2) is 0 Å². The van der Waals surface area contributed by atoms with Crippen molar-refractivity contribution in [2.75, 3.05) is 5.75 Å². The Morgan fingerprint density at radius 2 is 1.82 bits per heavy atom. The first-order valence-corrected chi connectivity index (χ1v) is 7.43. The first-order chi connectivity index (χ1) is 7.69. The maximum atomic E-state index is 11.5. The molecular weight excluding hydrogens is 232 g/mol. The maximum absolute atomic E-state index is 11.5. The molecular formula is C13H28N2OS. The molecule has 1 amide bonds. The summed E-state index contributed by atoms with van der Waals surface area (Å²) in [6, 6.07) is 0.264. The van der Waals surface area contributed by atoms with Gasteiger partial charge in [-0.1, -0.05) is 20.8 Å². The number of amides is 1. The highest BCUT2D eigenvalue weighted by molar-refractivity contribution is 7.99. The van der Waals surface area contributed by atoms with Gasteiger partial charge in [0.25, 0.3) is 0 Å². The van der Waals surface area contributed by atoms with Gasteiger partial charge in [-0.3, -0.25) is 4.79 Å². The van der Waals surface area contributed by atoms with Crippen LogP contribution in [0.25, 0.3) is 0 Å². The number of hydrogen-bond donors (Lipinski definition) is 2. The molecule has 0 aliphatic rings. The van der Waals surface area contributed by atoms with Crippen molar-refractivity contribution in [2.45, 2.75) is 64.8 Å². The molecule has 17 heavy (non-hydrogen) atoms. The van der Waals surface area contributed by atoms with E-state index in [1.165, 1.54) is 0 Å². The minimum atomic E-state index is -0.585. The molecule has 0 rings (SSSR count). The Morgan fingerprint density at radius 3 is 2.18 bits per heavy atom. The van der Waals surface area contributed by atoms with E-state index < -0.39 is 5.54 Å². The molecule has 0 aromatic carbocycles. The maximum Gasteiger partial charge on any atom is 0.237 e. The van der Waals surface area contributed by atoms with Crippen LogP contribution in [0, 0.1) is 5.92 Å². The fourth-order valence-corrected chi connectivity index (χ4v) is 2.83. The summed E-state index contributed by atoms with van der Waals surface area (Å²) < 4.78 is 0. The quantitative estimate of drug-likeness (QED) is 0.704. The molecule has 0 aliphatic heterocycles. The summed E-state index contributed by atoms with van der Waals surface area (Å²) in [6.45, 7) is 12.6. The van der Waals surface area contributed by atoms with Crippen LogP contribution in [0.15, 0.2) is 0 Å². The number of rotatable bonds is 8. The van der Waals surface area contributed by atoms with E-state index >= 15 is 0 Å². The molecule has 0 aliphatic carbocycles. The van der Waals surface area contributed by atoms with E-state index in [2.05, 4.69) is 26.1 Å². The van der Waals surface area contributed by atoms with Gasteiger partial charge >= 0.3 is 0 Å². The van der Waals surface area contributed by atoms with Crippen molar-refractivity contribution >= 4 is 17.7 Å². The number of carbonyl (C=O) groups is 1. The van der Waals surface area contributed by atoms with Gasteiger partial charge in [-0.05, 0) is 38.9 Å². The molecule has 3 N–H and O–H groups in total. The molecule has 0 heterocycles. The SMILES string of the molecule is CC(C)NC(C)(CCSC(C)C(C)C)C(N)=O. The molecule has 4 heteroatoms. The molecule has 2 atom stereocenters. The predicted octanol–water partition coefficient (Wildman–Crippen LogP) is 2.40. The Kier molecular flexibility index (Phi) is 7.17. The van der Waals surface area contributed by atoms with Gasteiger partial charge in [-0.2, -0.15) is 11.8 Å². The van der Waals surface area contributed by atoms with Gasteiger partial charge in [-0.25, -0.2) is 0 Å². The highest BCUT2D eigenvalue weighted by Crippen LogP contribution is 2.22. The van der Waals surface area contributed by atoms with Crippen LogP contribution in [0.4, 0.5) is 0 Å². The van der Waals surface area contributed by atoms with Gasteiger partial charge < -0.3 is 11.1 Å². The number of nitrogens with two attached hydrogens (primary N) is 1. The molecule has 3 nitrogen and oxygen atoms in total. The smallest absolute Gasteiger partial charge is 0.237 e. The molecule has 0 bridgehead atoms. The molecule has 0 fully saturated rings. The number of hydrogen-bond acceptors (Lipinski definition) is 3. The predicted molar refractivity (Wildman–Crippen MR) is 77.2 cm³/mol. The lowest BCUT2D eigenvalue weighted by atomic mass is 9.97. The molecule has 0 saturated carbocycles. The number of carbonyl (C=O) groups excluding carboxylic acids is 1. The van der Waals surface area contributed by atoms with Crippen molar-refractivity contribution in [3.63, 3.8) is 0 Å². The summed E-state index contributed by atoms with van der Waals surface area (Å²) in [5.74, 6) is 1.36. The molecule has 0 radical (unpaired) electrons. The molecule has 0 spiro atoms. The van der Waals surface area contributed by atoms with Crippen molar-refractivity contribution in [3.05, 3.63) is 0 Å². The van der Waals surface area contributed by atoms with Crippen molar-refractivity contribution < 1.29 is 4.79 Å². The number of primary amides is 1. The third-order valence-electron chi connectivity index (χ3n) is 3.07. The second kappa shape index (κ2) is 7.27. The fourth-order valence-electron chi connectivity index (χ4n) is 1.55. The standard InChI is InChI=1S/C13H28N2OS/c1-9(2)11(5)17-8-7-13(6,12(14)16)15-10(3)4/h9-11,15H,7-8H2,1-6H3,(H2,14,16). The van der Waals surface area contributed by atoms with Crippen LogP contribution in [0.5, 0.6) is 0 Å². The van der Waals surface area contributed by atoms with Crippen LogP contribution in [-0.2, 0) is 4.79 Å². The van der Waals surface area contributed by atoms with Crippen LogP contribution in [0.1, 0.15) is 48.0 Å². The monoisotopic (exact) mass is 260 g/mol. The van der Waals surface area contributed by atoms with E-state index in [1.807, 2.05) is 32.5 Å². The van der Waals surface area contributed by atoms with Crippen LogP contribution in [-0.4, -0.2) is 28.5 Å². The fraction of sp³-hybridized carbons (Fsp3) is 0.923. The topological polar surface area (TPSA) is 55.1 Å². The average Bonchev–Trinajstić information content (AvgIpc) is 2.15. The van der Waals surface area contributed by atoms with Crippen LogP contribution < -0.4 is 11.1 Å². The molecule has 0 saturated heterocycles. The van der Waals surface area contributed by atoms with Crippen LogP contribution in [0.2, 0.25) is 0 Å². The summed E-state index contributed by atoms with van der Waals surface area (Å²) in [4.78, 5) is 11.5. The first-order valence-electron chi connectivity index (χ1n) is 6.38. The van der Waals surface area contributed by atoms with Gasteiger partial charge in [0, 0.05) is 11.3 Å². The van der Waals surface area contributed by atoms with Gasteiger partial charge in [0.05, 0.1) is 5.54 Å². The van der Waals surface area contributed by atoms with Gasteiger partial charge in [0.1, 0.15) is 0 Å². The minimum Gasteiger partial charge on any atom is -0.368 e. The summed E-state index contributed by atoms with van der Waals surface area (Å²) >= 11 is 1.91. The highest BCUT2D eigenvalue weighted by Gasteiger charge is 2.31. The Hall–Kier alpha value is -0.220. The largest absolute Gasteiger partial charge is 0.368 e. The van der Waals surface area contributed by atoms with Crippen molar-refractivity contribution in [2.24, 2.45) is 11.7 Å². The Morgan fingerprint density at radius 1 is 1.29 bits per heavy atom. The van der Waals surface area contributed by atoms with Crippen molar-refractivity contribution in [1.82, 2.24) is 5.32 Å². The zero-order valence-corrected chi connectivity index (χ0v) is 12.9. The lowest BCUT2D eigenvalue weighted by Crippen LogP contribution is -2.55. The zero-order valence-electron chi connectivity index (χ0n) is 12.0. The van der Waals surface area contributed by atoms with Crippen LogP contribution >= 0.6 is 11.8 Å². The molecule has 102 valence electrons. The third kappa shape index (κ3) is 6.32. The van der Waals surface area contributed by atoms with E-state index in [1.54, 1.807) is 0 Å². The van der Waals surface area contributed by atoms with E-state index in [0.717, 1.165) is 12.2 Å². The van der Waals surface area contributed by atoms with Gasteiger partial charge in [-0.15, -0.1) is 0 Å². The Labute approximate surface area is 110 Å². The molecule has 0 aromatic heterocycles. The minimum absolute atomic E-state index is 0.260. The Bertz CT molecular complexity index is 244. The molecule has 0 aromatic rings. The van der Waals surface area contributed by atoms with Crippen molar-refractivity contribution in [1.29, 1.82) is 0 Å². The van der Waals surface area contributed by atoms with E-state index in [-0.39, 0.29) is 11.9 Å². The summed E-state index contributed by atoms with van der Waals surface area (Å²) in [7, 11) is 0. The summed E-state index contributed by atoms with van der Waals surface area (Å²) in [6.07, 6.45) is 0.780. The number of thioether (sulfide) groups is 1. The average molecular weight is 260 g/mol. The Balaban J connectivity index is 4.23. The van der Waals surface area contributed by atoms with Crippen molar-refractivity contribution in [3.8, 4) is 0 Å². The normalized spacial score (nSPS) is 17.2. The number of nitrogens with one attached hydrogen (secondary N) is 1. The van der Waals surface area contributed by atoms with Crippen LogP contribution in [0.3, 0.4) is 0 Å². The second-order valence-corrected chi connectivity index (χ2v) is 7.05.